The lowest BCUT2D eigenvalue weighted by atomic mass is 10.1. The largest absolute Gasteiger partial charge is 0.335 e. The third kappa shape index (κ3) is 4.32. The maximum absolute atomic E-state index is 12.6. The Hall–Kier alpha value is -1.40. The Morgan fingerprint density at radius 2 is 2.04 bits per heavy atom. The van der Waals surface area contributed by atoms with Gasteiger partial charge in [0, 0.05) is 31.7 Å². The quantitative estimate of drug-likeness (QED) is 0.827. The summed E-state index contributed by atoms with van der Waals surface area (Å²) in [4.78, 5) is 19.1. The number of likely N-dealkylation sites (N-methyl/N-ethyl adjacent to an activating group) is 1. The molecule has 0 saturated carbocycles. The molecule has 0 radical (unpaired) electrons. The van der Waals surface area contributed by atoms with Crippen LogP contribution in [-0.4, -0.2) is 77.2 Å². The first kappa shape index (κ1) is 16.5. The zero-order valence-corrected chi connectivity index (χ0v) is 14.4. The number of hydrogen-bond donors (Lipinski definition) is 0. The van der Waals surface area contributed by atoms with E-state index in [1.807, 2.05) is 36.2 Å². The van der Waals surface area contributed by atoms with Gasteiger partial charge in [0.05, 0.1) is 18.8 Å². The van der Waals surface area contributed by atoms with E-state index in [0.717, 1.165) is 25.3 Å². The second kappa shape index (κ2) is 7.45. The predicted molar refractivity (Wildman–Crippen MR) is 90.0 cm³/mol. The third-order valence-electron chi connectivity index (χ3n) is 4.84. The third-order valence-corrected chi connectivity index (χ3v) is 4.84. The van der Waals surface area contributed by atoms with E-state index in [1.165, 1.54) is 32.4 Å². The average Bonchev–Trinajstić information content (AvgIpc) is 2.86. The van der Waals surface area contributed by atoms with Crippen molar-refractivity contribution in [3.63, 3.8) is 0 Å². The van der Waals surface area contributed by atoms with Crippen molar-refractivity contribution in [3.8, 4) is 0 Å². The summed E-state index contributed by atoms with van der Waals surface area (Å²) in [6.45, 7) is 6.40. The lowest BCUT2D eigenvalue weighted by molar-refractivity contribution is -0.133. The highest BCUT2D eigenvalue weighted by molar-refractivity contribution is 5.78. The highest BCUT2D eigenvalue weighted by Gasteiger charge is 2.27. The van der Waals surface area contributed by atoms with Crippen molar-refractivity contribution >= 4 is 5.91 Å². The minimum absolute atomic E-state index is 0.216. The fourth-order valence-corrected chi connectivity index (χ4v) is 3.72. The molecule has 6 nitrogen and oxygen atoms in total. The van der Waals surface area contributed by atoms with Gasteiger partial charge in [-0.2, -0.15) is 5.10 Å². The van der Waals surface area contributed by atoms with Gasteiger partial charge in [-0.1, -0.05) is 6.42 Å². The summed E-state index contributed by atoms with van der Waals surface area (Å²) in [5.41, 5.74) is 1.15. The van der Waals surface area contributed by atoms with E-state index in [1.54, 1.807) is 0 Å². The number of fused-ring (bicyclic) bond motifs is 1. The highest BCUT2D eigenvalue weighted by atomic mass is 16.2. The van der Waals surface area contributed by atoms with Crippen LogP contribution in [-0.2, 0) is 17.9 Å². The normalized spacial score (nSPS) is 22.9. The van der Waals surface area contributed by atoms with E-state index in [0.29, 0.717) is 19.0 Å². The molecule has 0 aliphatic carbocycles. The maximum Gasteiger partial charge on any atom is 0.237 e. The van der Waals surface area contributed by atoms with Gasteiger partial charge in [-0.15, -0.1) is 0 Å². The SMILES string of the molecule is CN(C)CC(=O)N1Cc2ccnn2C[C@@H](CN2CCCCC2)C1. The van der Waals surface area contributed by atoms with Crippen molar-refractivity contribution in [3.05, 3.63) is 18.0 Å². The van der Waals surface area contributed by atoms with E-state index >= 15 is 0 Å². The van der Waals surface area contributed by atoms with Crippen LogP contribution in [0.5, 0.6) is 0 Å². The first-order chi connectivity index (χ1) is 11.1. The molecule has 128 valence electrons. The molecule has 1 fully saturated rings. The summed E-state index contributed by atoms with van der Waals surface area (Å²) in [6, 6.07) is 2.04. The number of carbonyl (C=O) groups is 1. The van der Waals surface area contributed by atoms with E-state index < -0.39 is 0 Å². The number of hydrogen-bond acceptors (Lipinski definition) is 4. The molecule has 0 bridgehead atoms. The van der Waals surface area contributed by atoms with Gasteiger partial charge < -0.3 is 14.7 Å². The molecule has 3 heterocycles. The zero-order chi connectivity index (χ0) is 16.2. The van der Waals surface area contributed by atoms with Crippen LogP contribution in [0.15, 0.2) is 12.3 Å². The molecule has 1 atom stereocenters. The van der Waals surface area contributed by atoms with Crippen LogP contribution in [0.3, 0.4) is 0 Å². The van der Waals surface area contributed by atoms with Crippen molar-refractivity contribution in [2.75, 3.05) is 46.8 Å². The lowest BCUT2D eigenvalue weighted by Crippen LogP contribution is -2.43. The summed E-state index contributed by atoms with van der Waals surface area (Å²) in [5, 5.41) is 4.46. The molecule has 1 saturated heterocycles. The Kier molecular flexibility index (Phi) is 5.33. The minimum atomic E-state index is 0.216. The number of amides is 1. The van der Waals surface area contributed by atoms with E-state index in [-0.39, 0.29) is 5.91 Å². The van der Waals surface area contributed by atoms with Gasteiger partial charge in [0.25, 0.3) is 0 Å². The Labute approximate surface area is 139 Å². The minimum Gasteiger partial charge on any atom is -0.335 e. The lowest BCUT2D eigenvalue weighted by Gasteiger charge is -2.32. The van der Waals surface area contributed by atoms with E-state index in [9.17, 15) is 4.79 Å². The molecular formula is C17H29N5O. The van der Waals surface area contributed by atoms with Crippen molar-refractivity contribution in [1.29, 1.82) is 0 Å². The second-order valence-electron chi connectivity index (χ2n) is 7.24. The molecule has 0 N–H and O–H groups in total. The van der Waals surface area contributed by atoms with Crippen molar-refractivity contribution in [2.45, 2.75) is 32.4 Å². The van der Waals surface area contributed by atoms with Crippen molar-refractivity contribution < 1.29 is 4.79 Å². The monoisotopic (exact) mass is 319 g/mol. The first-order valence-electron chi connectivity index (χ1n) is 8.77. The number of rotatable bonds is 4. The van der Waals surface area contributed by atoms with Crippen molar-refractivity contribution in [2.24, 2.45) is 5.92 Å². The molecule has 6 heteroatoms. The molecule has 0 aromatic carbocycles. The Balaban J connectivity index is 1.70. The van der Waals surface area contributed by atoms with E-state index in [4.69, 9.17) is 0 Å². The number of aromatic nitrogens is 2. The smallest absolute Gasteiger partial charge is 0.237 e. The standard InChI is InChI=1S/C17H29N5O/c1-19(2)14-17(23)21-11-15(10-20-8-4-3-5-9-20)12-22-16(13-21)6-7-18-22/h6-7,15H,3-5,8-14H2,1-2H3/t15-/m0/s1. The molecule has 3 rings (SSSR count). The Bertz CT molecular complexity index is 521. The summed E-state index contributed by atoms with van der Waals surface area (Å²) < 4.78 is 2.09. The van der Waals surface area contributed by atoms with Crippen LogP contribution < -0.4 is 0 Å². The van der Waals surface area contributed by atoms with Gasteiger partial charge in [-0.05, 0) is 46.1 Å². The molecule has 1 amide bonds. The molecule has 2 aliphatic heterocycles. The first-order valence-corrected chi connectivity index (χ1v) is 8.77. The molecule has 2 aliphatic rings. The molecule has 1 aromatic rings. The van der Waals surface area contributed by atoms with Gasteiger partial charge >= 0.3 is 0 Å². The summed E-state index contributed by atoms with van der Waals surface area (Å²) in [5.74, 6) is 0.675. The van der Waals surface area contributed by atoms with Crippen LogP contribution in [0.1, 0.15) is 25.0 Å². The van der Waals surface area contributed by atoms with Gasteiger partial charge in [0.15, 0.2) is 0 Å². The highest BCUT2D eigenvalue weighted by Crippen LogP contribution is 2.19. The number of carbonyl (C=O) groups excluding carboxylic acids is 1. The van der Waals surface area contributed by atoms with Crippen LogP contribution >= 0.6 is 0 Å². The van der Waals surface area contributed by atoms with Gasteiger partial charge in [0.2, 0.25) is 5.91 Å². The average molecular weight is 319 g/mol. The molecule has 23 heavy (non-hydrogen) atoms. The molecule has 1 aromatic heterocycles. The molecule has 0 spiro atoms. The molecular weight excluding hydrogens is 290 g/mol. The molecule has 0 unspecified atom stereocenters. The summed E-state index contributed by atoms with van der Waals surface area (Å²) >= 11 is 0. The fraction of sp³-hybridized carbons (Fsp3) is 0.765. The van der Waals surface area contributed by atoms with E-state index in [2.05, 4.69) is 14.7 Å². The topological polar surface area (TPSA) is 44.6 Å². The fourth-order valence-electron chi connectivity index (χ4n) is 3.72. The Morgan fingerprint density at radius 1 is 1.26 bits per heavy atom. The summed E-state index contributed by atoms with van der Waals surface area (Å²) in [6.07, 6.45) is 5.83. The van der Waals surface area contributed by atoms with Crippen molar-refractivity contribution in [1.82, 2.24) is 24.5 Å². The number of likely N-dealkylation sites (tertiary alicyclic amines) is 1. The zero-order valence-electron chi connectivity index (χ0n) is 14.4. The van der Waals surface area contributed by atoms with Crippen LogP contribution in [0.4, 0.5) is 0 Å². The number of nitrogens with zero attached hydrogens (tertiary/aromatic N) is 5. The second-order valence-corrected chi connectivity index (χ2v) is 7.24. The number of piperidine rings is 1. The van der Waals surface area contributed by atoms with Gasteiger partial charge in [0.1, 0.15) is 0 Å². The predicted octanol–water partition coefficient (Wildman–Crippen LogP) is 0.889. The van der Waals surface area contributed by atoms with Crippen LogP contribution in [0, 0.1) is 5.92 Å². The maximum atomic E-state index is 12.6. The summed E-state index contributed by atoms with van der Waals surface area (Å²) in [7, 11) is 3.90. The van der Waals surface area contributed by atoms with Crippen LogP contribution in [0.2, 0.25) is 0 Å². The Morgan fingerprint density at radius 3 is 2.78 bits per heavy atom. The van der Waals surface area contributed by atoms with Gasteiger partial charge in [-0.25, -0.2) is 0 Å². The van der Waals surface area contributed by atoms with Gasteiger partial charge in [-0.3, -0.25) is 9.48 Å². The van der Waals surface area contributed by atoms with Crippen LogP contribution in [0.25, 0.3) is 0 Å².